The van der Waals surface area contributed by atoms with Crippen molar-refractivity contribution < 1.29 is 9.59 Å². The van der Waals surface area contributed by atoms with Gasteiger partial charge in [-0.3, -0.25) is 9.59 Å². The molecule has 1 fully saturated rings. The fourth-order valence-corrected chi connectivity index (χ4v) is 3.09. The van der Waals surface area contributed by atoms with Gasteiger partial charge in [0.05, 0.1) is 0 Å². The van der Waals surface area contributed by atoms with Gasteiger partial charge in [-0.05, 0) is 43.2 Å². The number of hydrogen-bond donors (Lipinski definition) is 1. The highest BCUT2D eigenvalue weighted by molar-refractivity contribution is 6.30. The SMILES string of the molecule is C[C@@]1(C(=O)Nc2ccc(Cl)cc2)CCC(=O)N1Cc1ccccc1. The minimum Gasteiger partial charge on any atom is -0.324 e. The van der Waals surface area contributed by atoms with E-state index < -0.39 is 5.54 Å². The number of amides is 2. The van der Waals surface area contributed by atoms with Crippen LogP contribution in [0.25, 0.3) is 0 Å². The third-order valence-corrected chi connectivity index (χ3v) is 4.75. The lowest BCUT2D eigenvalue weighted by molar-refractivity contribution is -0.138. The second-order valence-corrected chi connectivity index (χ2v) is 6.64. The molecular formula is C19H19ClN2O2. The Bertz CT molecular complexity index is 746. The summed E-state index contributed by atoms with van der Waals surface area (Å²) in [6.07, 6.45) is 0.898. The molecule has 2 aromatic carbocycles. The number of carbonyl (C=O) groups is 2. The van der Waals surface area contributed by atoms with Crippen molar-refractivity contribution in [1.29, 1.82) is 0 Å². The second-order valence-electron chi connectivity index (χ2n) is 6.20. The zero-order chi connectivity index (χ0) is 17.2. The van der Waals surface area contributed by atoms with Crippen molar-refractivity contribution in [2.45, 2.75) is 31.8 Å². The summed E-state index contributed by atoms with van der Waals surface area (Å²) in [7, 11) is 0. The molecule has 3 rings (SSSR count). The van der Waals surface area contributed by atoms with Gasteiger partial charge in [0.1, 0.15) is 5.54 Å². The zero-order valence-electron chi connectivity index (χ0n) is 13.5. The lowest BCUT2D eigenvalue weighted by Crippen LogP contribution is -2.51. The lowest BCUT2D eigenvalue weighted by atomic mass is 9.97. The van der Waals surface area contributed by atoms with Gasteiger partial charge in [-0.15, -0.1) is 0 Å². The van der Waals surface area contributed by atoms with Crippen LogP contribution in [0.2, 0.25) is 5.02 Å². The predicted molar refractivity (Wildman–Crippen MR) is 94.7 cm³/mol. The zero-order valence-corrected chi connectivity index (χ0v) is 14.2. The highest BCUT2D eigenvalue weighted by atomic mass is 35.5. The smallest absolute Gasteiger partial charge is 0.250 e. The van der Waals surface area contributed by atoms with Gasteiger partial charge >= 0.3 is 0 Å². The molecule has 0 saturated carbocycles. The number of likely N-dealkylation sites (tertiary alicyclic amines) is 1. The quantitative estimate of drug-likeness (QED) is 0.917. The topological polar surface area (TPSA) is 49.4 Å². The Morgan fingerprint density at radius 2 is 1.83 bits per heavy atom. The Balaban J connectivity index is 1.79. The molecule has 1 aliphatic heterocycles. The highest BCUT2D eigenvalue weighted by Gasteiger charge is 2.47. The average Bonchev–Trinajstić information content (AvgIpc) is 2.87. The molecule has 0 unspecified atom stereocenters. The van der Waals surface area contributed by atoms with Gasteiger partial charge in [0.2, 0.25) is 11.8 Å². The maximum atomic E-state index is 12.8. The molecule has 4 nitrogen and oxygen atoms in total. The normalized spacial score (nSPS) is 20.2. The molecule has 1 saturated heterocycles. The van der Waals surface area contributed by atoms with Gasteiger partial charge in [0, 0.05) is 23.7 Å². The maximum Gasteiger partial charge on any atom is 0.250 e. The molecule has 0 bridgehead atoms. The number of carbonyl (C=O) groups excluding carboxylic acids is 2. The highest BCUT2D eigenvalue weighted by Crippen LogP contribution is 2.33. The molecule has 0 radical (unpaired) electrons. The van der Waals surface area contributed by atoms with E-state index in [1.54, 1.807) is 29.2 Å². The molecular weight excluding hydrogens is 324 g/mol. The molecule has 1 atom stereocenters. The first kappa shape index (κ1) is 16.5. The monoisotopic (exact) mass is 342 g/mol. The molecule has 2 amide bonds. The second kappa shape index (κ2) is 6.65. The van der Waals surface area contributed by atoms with E-state index in [-0.39, 0.29) is 11.8 Å². The van der Waals surface area contributed by atoms with Gasteiger partial charge in [0.15, 0.2) is 0 Å². The van der Waals surface area contributed by atoms with Crippen LogP contribution in [0.15, 0.2) is 54.6 Å². The maximum absolute atomic E-state index is 12.8. The molecule has 5 heteroatoms. The van der Waals surface area contributed by atoms with Crippen molar-refractivity contribution in [1.82, 2.24) is 4.90 Å². The van der Waals surface area contributed by atoms with Crippen LogP contribution < -0.4 is 5.32 Å². The van der Waals surface area contributed by atoms with Crippen LogP contribution in [0.1, 0.15) is 25.3 Å². The first-order valence-corrected chi connectivity index (χ1v) is 8.28. The van der Waals surface area contributed by atoms with Crippen LogP contribution >= 0.6 is 11.6 Å². The van der Waals surface area contributed by atoms with Crippen LogP contribution in [0.5, 0.6) is 0 Å². The van der Waals surface area contributed by atoms with Crippen molar-refractivity contribution >= 4 is 29.1 Å². The Hall–Kier alpha value is -2.33. The van der Waals surface area contributed by atoms with E-state index >= 15 is 0 Å². The molecule has 2 aromatic rings. The summed E-state index contributed by atoms with van der Waals surface area (Å²) in [6.45, 7) is 2.26. The molecule has 1 N–H and O–H groups in total. The van der Waals surface area contributed by atoms with Crippen molar-refractivity contribution in [3.8, 4) is 0 Å². The third-order valence-electron chi connectivity index (χ3n) is 4.50. The van der Waals surface area contributed by atoms with Gasteiger partial charge in [-0.2, -0.15) is 0 Å². The van der Waals surface area contributed by atoms with E-state index in [0.29, 0.717) is 30.1 Å². The van der Waals surface area contributed by atoms with Gasteiger partial charge < -0.3 is 10.2 Å². The average molecular weight is 343 g/mol. The number of halogens is 1. The van der Waals surface area contributed by atoms with Crippen molar-refractivity contribution in [3.63, 3.8) is 0 Å². The number of benzene rings is 2. The first-order valence-electron chi connectivity index (χ1n) is 7.90. The Labute approximate surface area is 146 Å². The van der Waals surface area contributed by atoms with E-state index in [1.807, 2.05) is 37.3 Å². The number of hydrogen-bond acceptors (Lipinski definition) is 2. The minimum atomic E-state index is -0.855. The summed E-state index contributed by atoms with van der Waals surface area (Å²) in [6, 6.07) is 16.7. The van der Waals surface area contributed by atoms with Crippen LogP contribution in [-0.2, 0) is 16.1 Å². The molecule has 0 aromatic heterocycles. The van der Waals surface area contributed by atoms with Gasteiger partial charge in [0.25, 0.3) is 0 Å². The van der Waals surface area contributed by atoms with Gasteiger partial charge in [-0.1, -0.05) is 41.9 Å². The molecule has 1 aliphatic rings. The Morgan fingerprint density at radius 3 is 2.50 bits per heavy atom. The number of nitrogens with zero attached hydrogens (tertiary/aromatic N) is 1. The van der Waals surface area contributed by atoms with E-state index in [4.69, 9.17) is 11.6 Å². The van der Waals surface area contributed by atoms with Crippen molar-refractivity contribution in [2.24, 2.45) is 0 Å². The standard InChI is InChI=1S/C19H19ClN2O2/c1-19(18(24)21-16-9-7-15(20)8-10-16)12-11-17(23)22(19)13-14-5-3-2-4-6-14/h2-10H,11-13H2,1H3,(H,21,24)/t19-/m0/s1. The Kier molecular flexibility index (Phi) is 4.58. The Morgan fingerprint density at radius 1 is 1.17 bits per heavy atom. The van der Waals surface area contributed by atoms with E-state index in [9.17, 15) is 9.59 Å². The van der Waals surface area contributed by atoms with Crippen LogP contribution in [0.3, 0.4) is 0 Å². The minimum absolute atomic E-state index is 0.00705. The van der Waals surface area contributed by atoms with Crippen molar-refractivity contribution in [3.05, 3.63) is 65.2 Å². The molecule has 1 heterocycles. The van der Waals surface area contributed by atoms with Crippen molar-refractivity contribution in [2.75, 3.05) is 5.32 Å². The van der Waals surface area contributed by atoms with Crippen LogP contribution in [-0.4, -0.2) is 22.3 Å². The van der Waals surface area contributed by atoms with Crippen LogP contribution in [0.4, 0.5) is 5.69 Å². The molecule has 0 aliphatic carbocycles. The summed E-state index contributed by atoms with van der Waals surface area (Å²) < 4.78 is 0. The first-order chi connectivity index (χ1) is 11.5. The third kappa shape index (κ3) is 3.29. The van der Waals surface area contributed by atoms with E-state index in [1.165, 1.54) is 0 Å². The molecule has 0 spiro atoms. The van der Waals surface area contributed by atoms with Gasteiger partial charge in [-0.25, -0.2) is 0 Å². The van der Waals surface area contributed by atoms with E-state index in [2.05, 4.69) is 5.32 Å². The molecule has 124 valence electrons. The summed E-state index contributed by atoms with van der Waals surface area (Å²) in [4.78, 5) is 26.8. The lowest BCUT2D eigenvalue weighted by Gasteiger charge is -2.34. The fourth-order valence-electron chi connectivity index (χ4n) is 2.96. The van der Waals surface area contributed by atoms with E-state index in [0.717, 1.165) is 5.56 Å². The summed E-state index contributed by atoms with van der Waals surface area (Å²) in [5.74, 6) is -0.167. The number of rotatable bonds is 4. The number of anilines is 1. The van der Waals surface area contributed by atoms with Crippen LogP contribution in [0, 0.1) is 0 Å². The molecule has 24 heavy (non-hydrogen) atoms. The predicted octanol–water partition coefficient (Wildman–Crippen LogP) is 3.86. The number of nitrogens with one attached hydrogen (secondary N) is 1. The largest absolute Gasteiger partial charge is 0.324 e. The fraction of sp³-hybridized carbons (Fsp3) is 0.263. The summed E-state index contributed by atoms with van der Waals surface area (Å²) in [5.41, 5.74) is 0.829. The summed E-state index contributed by atoms with van der Waals surface area (Å²) in [5, 5.41) is 3.51. The summed E-state index contributed by atoms with van der Waals surface area (Å²) >= 11 is 5.87.